The molecule has 0 fully saturated rings. The molecule has 1 aromatic rings. The van der Waals surface area contributed by atoms with Gasteiger partial charge in [-0.25, -0.2) is 4.79 Å². The molecule has 0 amide bonds. The average molecular weight is 208 g/mol. The summed E-state index contributed by atoms with van der Waals surface area (Å²) in [6.45, 7) is 7.90. The van der Waals surface area contributed by atoms with E-state index in [1.165, 1.54) is 0 Å². The minimum Gasteiger partial charge on any atom is -0.460 e. The molecule has 0 unspecified atom stereocenters. The SMILES string of the molecule is C=C(C)CCc1ccc(C(=O)OCC)o1. The van der Waals surface area contributed by atoms with Crippen molar-refractivity contribution in [2.45, 2.75) is 26.7 Å². The maximum atomic E-state index is 11.3. The summed E-state index contributed by atoms with van der Waals surface area (Å²) in [6, 6.07) is 3.45. The molecule has 0 aliphatic rings. The molecule has 1 rings (SSSR count). The van der Waals surface area contributed by atoms with Crippen LogP contribution < -0.4 is 0 Å². The standard InChI is InChI=1S/C12H16O3/c1-4-14-12(13)11-8-7-10(15-11)6-5-9(2)3/h7-8H,2,4-6H2,1,3H3. The zero-order valence-corrected chi connectivity index (χ0v) is 9.21. The number of hydrogen-bond acceptors (Lipinski definition) is 3. The number of hydrogen-bond donors (Lipinski definition) is 0. The summed E-state index contributed by atoms with van der Waals surface area (Å²) in [5.74, 6) is 0.661. The van der Waals surface area contributed by atoms with Crippen LogP contribution in [-0.2, 0) is 11.2 Å². The Hall–Kier alpha value is -1.51. The Morgan fingerprint density at radius 2 is 2.27 bits per heavy atom. The summed E-state index contributed by atoms with van der Waals surface area (Å²) < 4.78 is 10.1. The molecule has 0 bridgehead atoms. The Morgan fingerprint density at radius 3 is 2.87 bits per heavy atom. The number of aryl methyl sites for hydroxylation is 1. The van der Waals surface area contributed by atoms with Crippen LogP contribution in [0.4, 0.5) is 0 Å². The molecule has 0 radical (unpaired) electrons. The normalized spacial score (nSPS) is 10.0. The number of furan rings is 1. The fraction of sp³-hybridized carbons (Fsp3) is 0.417. The average Bonchev–Trinajstić information content (AvgIpc) is 2.63. The molecule has 1 heterocycles. The van der Waals surface area contributed by atoms with Gasteiger partial charge in [0.05, 0.1) is 6.61 Å². The first-order chi connectivity index (χ1) is 7.13. The van der Waals surface area contributed by atoms with Gasteiger partial charge in [-0.2, -0.15) is 0 Å². The molecule has 0 saturated carbocycles. The maximum absolute atomic E-state index is 11.3. The van der Waals surface area contributed by atoms with Gasteiger partial charge in [0.1, 0.15) is 5.76 Å². The number of carbonyl (C=O) groups excluding carboxylic acids is 1. The van der Waals surface area contributed by atoms with E-state index >= 15 is 0 Å². The lowest BCUT2D eigenvalue weighted by Gasteiger charge is -1.98. The van der Waals surface area contributed by atoms with Gasteiger partial charge in [0.25, 0.3) is 0 Å². The van der Waals surface area contributed by atoms with Crippen LogP contribution >= 0.6 is 0 Å². The van der Waals surface area contributed by atoms with Gasteiger partial charge < -0.3 is 9.15 Å². The second-order valence-corrected chi connectivity index (χ2v) is 3.44. The maximum Gasteiger partial charge on any atom is 0.374 e. The zero-order valence-electron chi connectivity index (χ0n) is 9.21. The van der Waals surface area contributed by atoms with Crippen molar-refractivity contribution in [2.24, 2.45) is 0 Å². The van der Waals surface area contributed by atoms with Crippen LogP contribution in [0.25, 0.3) is 0 Å². The first-order valence-electron chi connectivity index (χ1n) is 5.03. The lowest BCUT2D eigenvalue weighted by molar-refractivity contribution is 0.0488. The van der Waals surface area contributed by atoms with Crippen LogP contribution in [0.1, 0.15) is 36.6 Å². The van der Waals surface area contributed by atoms with Gasteiger partial charge in [-0.1, -0.05) is 5.57 Å². The van der Waals surface area contributed by atoms with E-state index in [0.717, 1.165) is 24.2 Å². The predicted molar refractivity (Wildman–Crippen MR) is 57.8 cm³/mol. The Bertz CT molecular complexity index is 350. The Labute approximate surface area is 89.7 Å². The summed E-state index contributed by atoms with van der Waals surface area (Å²) in [4.78, 5) is 11.3. The highest BCUT2D eigenvalue weighted by molar-refractivity contribution is 5.86. The van der Waals surface area contributed by atoms with Crippen molar-refractivity contribution in [3.05, 3.63) is 35.8 Å². The van der Waals surface area contributed by atoms with Crippen molar-refractivity contribution < 1.29 is 13.9 Å². The van der Waals surface area contributed by atoms with Gasteiger partial charge in [0, 0.05) is 6.42 Å². The highest BCUT2D eigenvalue weighted by atomic mass is 16.5. The zero-order chi connectivity index (χ0) is 11.3. The van der Waals surface area contributed by atoms with E-state index in [9.17, 15) is 4.79 Å². The summed E-state index contributed by atoms with van der Waals surface area (Å²) in [5.41, 5.74) is 1.10. The summed E-state index contributed by atoms with van der Waals surface area (Å²) in [5, 5.41) is 0. The van der Waals surface area contributed by atoms with Crippen LogP contribution in [0.15, 0.2) is 28.7 Å². The fourth-order valence-electron chi connectivity index (χ4n) is 1.16. The van der Waals surface area contributed by atoms with Crippen molar-refractivity contribution in [1.29, 1.82) is 0 Å². The van der Waals surface area contributed by atoms with Crippen LogP contribution in [0.3, 0.4) is 0 Å². The van der Waals surface area contributed by atoms with E-state index in [1.54, 1.807) is 19.1 Å². The van der Waals surface area contributed by atoms with Crippen molar-refractivity contribution in [3.8, 4) is 0 Å². The van der Waals surface area contributed by atoms with E-state index in [1.807, 2.05) is 6.92 Å². The largest absolute Gasteiger partial charge is 0.460 e. The predicted octanol–water partition coefficient (Wildman–Crippen LogP) is 2.97. The minimum atomic E-state index is -0.404. The minimum absolute atomic E-state index is 0.272. The number of allylic oxidation sites excluding steroid dienone is 1. The summed E-state index contributed by atoms with van der Waals surface area (Å²) >= 11 is 0. The van der Waals surface area contributed by atoms with Gasteiger partial charge >= 0.3 is 5.97 Å². The summed E-state index contributed by atoms with van der Waals surface area (Å²) in [7, 11) is 0. The molecule has 3 heteroatoms. The molecule has 0 spiro atoms. The van der Waals surface area contributed by atoms with Crippen LogP contribution in [-0.4, -0.2) is 12.6 Å². The third-order valence-corrected chi connectivity index (χ3v) is 1.94. The van der Waals surface area contributed by atoms with Crippen LogP contribution in [0.5, 0.6) is 0 Å². The van der Waals surface area contributed by atoms with Crippen molar-refractivity contribution in [1.82, 2.24) is 0 Å². The first kappa shape index (κ1) is 11.6. The second kappa shape index (κ2) is 5.39. The third kappa shape index (κ3) is 3.62. The van der Waals surface area contributed by atoms with Crippen LogP contribution in [0.2, 0.25) is 0 Å². The molecule has 15 heavy (non-hydrogen) atoms. The van der Waals surface area contributed by atoms with Crippen molar-refractivity contribution >= 4 is 5.97 Å². The molecule has 0 aromatic carbocycles. The number of rotatable bonds is 5. The Balaban J connectivity index is 2.56. The lowest BCUT2D eigenvalue weighted by atomic mass is 10.1. The number of ether oxygens (including phenoxy) is 1. The fourth-order valence-corrected chi connectivity index (χ4v) is 1.16. The molecular formula is C12H16O3. The molecular weight excluding hydrogens is 192 g/mol. The highest BCUT2D eigenvalue weighted by Gasteiger charge is 2.11. The van der Waals surface area contributed by atoms with E-state index in [0.29, 0.717) is 6.61 Å². The number of carbonyl (C=O) groups is 1. The Kier molecular flexibility index (Phi) is 4.16. The molecule has 1 aromatic heterocycles. The van der Waals surface area contributed by atoms with Gasteiger partial charge in [-0.15, -0.1) is 6.58 Å². The smallest absolute Gasteiger partial charge is 0.374 e. The van der Waals surface area contributed by atoms with Gasteiger partial charge in [0.2, 0.25) is 5.76 Å². The monoisotopic (exact) mass is 208 g/mol. The van der Waals surface area contributed by atoms with Crippen molar-refractivity contribution in [2.75, 3.05) is 6.61 Å². The molecule has 82 valence electrons. The van der Waals surface area contributed by atoms with E-state index in [4.69, 9.17) is 9.15 Å². The molecule has 0 aliphatic heterocycles. The molecule has 0 atom stereocenters. The quantitative estimate of drug-likeness (QED) is 0.551. The molecule has 3 nitrogen and oxygen atoms in total. The molecule has 0 saturated heterocycles. The van der Waals surface area contributed by atoms with Crippen molar-refractivity contribution in [3.63, 3.8) is 0 Å². The lowest BCUT2D eigenvalue weighted by Crippen LogP contribution is -2.02. The third-order valence-electron chi connectivity index (χ3n) is 1.94. The topological polar surface area (TPSA) is 39.4 Å². The molecule has 0 N–H and O–H groups in total. The first-order valence-corrected chi connectivity index (χ1v) is 5.03. The van der Waals surface area contributed by atoms with E-state index in [2.05, 4.69) is 6.58 Å². The molecule has 0 aliphatic carbocycles. The second-order valence-electron chi connectivity index (χ2n) is 3.44. The van der Waals surface area contributed by atoms with Gasteiger partial charge in [-0.05, 0) is 32.4 Å². The van der Waals surface area contributed by atoms with Gasteiger partial charge in [0.15, 0.2) is 0 Å². The van der Waals surface area contributed by atoms with Crippen LogP contribution in [0, 0.1) is 0 Å². The highest BCUT2D eigenvalue weighted by Crippen LogP contribution is 2.13. The Morgan fingerprint density at radius 1 is 1.53 bits per heavy atom. The van der Waals surface area contributed by atoms with E-state index < -0.39 is 5.97 Å². The number of esters is 1. The summed E-state index contributed by atoms with van der Waals surface area (Å²) in [6.07, 6.45) is 1.64. The van der Waals surface area contributed by atoms with E-state index in [-0.39, 0.29) is 5.76 Å². The van der Waals surface area contributed by atoms with Gasteiger partial charge in [-0.3, -0.25) is 0 Å².